The lowest BCUT2D eigenvalue weighted by atomic mass is 9.74. The quantitative estimate of drug-likeness (QED) is 0.621. The average Bonchev–Trinajstić information content (AvgIpc) is 2.68. The molecule has 184 valence electrons. The highest BCUT2D eigenvalue weighted by Gasteiger charge is 2.46. The lowest BCUT2D eigenvalue weighted by Gasteiger charge is -2.47. The number of halogens is 3. The zero-order valence-electron chi connectivity index (χ0n) is 19.8. The van der Waals surface area contributed by atoms with E-state index in [-0.39, 0.29) is 0 Å². The average molecular weight is 472 g/mol. The number of rotatable bonds is 2. The molecule has 2 rings (SSSR count). The number of carbonyl (C=O) groups excluding carboxylic acids is 3. The molecule has 1 aliphatic rings. The maximum atomic E-state index is 13.2. The number of alkyl halides is 3. The second-order valence-corrected chi connectivity index (χ2v) is 10.2. The number of amides is 3. The minimum atomic E-state index is -4.72. The van der Waals surface area contributed by atoms with Crippen molar-refractivity contribution in [3.8, 4) is 0 Å². The number of hydrazine groups is 1. The highest BCUT2D eigenvalue weighted by molar-refractivity contribution is 5.97. The van der Waals surface area contributed by atoms with Gasteiger partial charge in [0.15, 0.2) is 0 Å². The molecule has 0 aromatic heterocycles. The highest BCUT2D eigenvalue weighted by atomic mass is 19.4. The van der Waals surface area contributed by atoms with Crippen molar-refractivity contribution in [1.29, 1.82) is 0 Å². The molecule has 1 heterocycles. The van der Waals surface area contributed by atoms with Crippen LogP contribution in [0.25, 0.3) is 0 Å². The number of nitrogens with one attached hydrogen (secondary N) is 2. The summed E-state index contributed by atoms with van der Waals surface area (Å²) in [6.45, 7) is 11.3. The predicted octanol–water partition coefficient (Wildman–Crippen LogP) is 4.53. The van der Waals surface area contributed by atoms with Gasteiger partial charge in [-0.15, -0.1) is 0 Å². The van der Waals surface area contributed by atoms with Crippen LogP contribution in [-0.4, -0.2) is 41.0 Å². The van der Waals surface area contributed by atoms with Crippen LogP contribution in [0, 0.1) is 11.3 Å². The molecular formula is C23H32F3N3O4. The van der Waals surface area contributed by atoms with E-state index in [0.717, 1.165) is 12.1 Å². The molecule has 0 spiro atoms. The first-order valence-corrected chi connectivity index (χ1v) is 10.8. The maximum Gasteiger partial charge on any atom is 0.417 e. The van der Waals surface area contributed by atoms with Gasteiger partial charge < -0.3 is 9.64 Å². The largest absolute Gasteiger partial charge is 0.444 e. The molecule has 0 aliphatic carbocycles. The summed E-state index contributed by atoms with van der Waals surface area (Å²) < 4.78 is 45.1. The molecule has 1 saturated heterocycles. The minimum absolute atomic E-state index is 0.409. The minimum Gasteiger partial charge on any atom is -0.444 e. The van der Waals surface area contributed by atoms with Crippen molar-refractivity contribution in [3.63, 3.8) is 0 Å². The van der Waals surface area contributed by atoms with Crippen molar-refractivity contribution >= 4 is 17.9 Å². The molecule has 2 atom stereocenters. The van der Waals surface area contributed by atoms with Crippen molar-refractivity contribution in [2.24, 2.45) is 11.3 Å². The molecule has 1 fully saturated rings. The second-order valence-electron chi connectivity index (χ2n) is 10.2. The summed E-state index contributed by atoms with van der Waals surface area (Å²) in [5, 5.41) is 0. The van der Waals surface area contributed by atoms with Gasteiger partial charge in [0.25, 0.3) is 5.91 Å². The van der Waals surface area contributed by atoms with Crippen molar-refractivity contribution in [3.05, 3.63) is 35.4 Å². The van der Waals surface area contributed by atoms with Gasteiger partial charge in [-0.2, -0.15) is 13.2 Å². The fourth-order valence-electron chi connectivity index (χ4n) is 4.07. The molecule has 0 bridgehead atoms. The van der Waals surface area contributed by atoms with Crippen LogP contribution in [0.5, 0.6) is 0 Å². The monoisotopic (exact) mass is 471 g/mol. The second kappa shape index (κ2) is 9.61. The van der Waals surface area contributed by atoms with Gasteiger partial charge in [-0.05, 0) is 51.2 Å². The van der Waals surface area contributed by atoms with E-state index in [1.807, 2.05) is 20.8 Å². The zero-order chi connectivity index (χ0) is 25.2. The van der Waals surface area contributed by atoms with Crippen LogP contribution in [0.3, 0.4) is 0 Å². The van der Waals surface area contributed by atoms with E-state index in [9.17, 15) is 27.6 Å². The van der Waals surface area contributed by atoms with E-state index in [1.54, 1.807) is 20.8 Å². The molecule has 1 aliphatic heterocycles. The normalized spacial score (nSPS) is 19.6. The van der Waals surface area contributed by atoms with Crippen LogP contribution < -0.4 is 10.9 Å². The van der Waals surface area contributed by atoms with Crippen molar-refractivity contribution in [2.75, 3.05) is 6.54 Å². The topological polar surface area (TPSA) is 87.7 Å². The third-order valence-corrected chi connectivity index (χ3v) is 5.26. The molecule has 0 saturated carbocycles. The number of piperidine rings is 1. The summed E-state index contributed by atoms with van der Waals surface area (Å²) >= 11 is 0. The number of likely N-dealkylation sites (tertiary alicyclic amines) is 1. The van der Waals surface area contributed by atoms with E-state index in [4.69, 9.17) is 4.74 Å². The first-order valence-electron chi connectivity index (χ1n) is 10.8. The molecule has 33 heavy (non-hydrogen) atoms. The molecular weight excluding hydrogens is 439 g/mol. The van der Waals surface area contributed by atoms with Gasteiger partial charge in [0.2, 0.25) is 5.91 Å². The van der Waals surface area contributed by atoms with E-state index in [0.29, 0.717) is 19.4 Å². The Bertz CT molecular complexity index is 888. The molecule has 2 unspecified atom stereocenters. The Balaban J connectivity index is 2.19. The number of benzene rings is 1. The summed E-state index contributed by atoms with van der Waals surface area (Å²) in [6.07, 6.45) is -4.27. The van der Waals surface area contributed by atoms with Gasteiger partial charge in [-0.25, -0.2) is 4.79 Å². The van der Waals surface area contributed by atoms with Crippen LogP contribution in [-0.2, 0) is 15.7 Å². The fourth-order valence-corrected chi connectivity index (χ4v) is 4.07. The third-order valence-electron chi connectivity index (χ3n) is 5.26. The first kappa shape index (κ1) is 26.5. The molecule has 1 aromatic carbocycles. The number of hydrogen-bond acceptors (Lipinski definition) is 4. The van der Waals surface area contributed by atoms with Gasteiger partial charge in [-0.3, -0.25) is 20.4 Å². The van der Waals surface area contributed by atoms with E-state index in [1.165, 1.54) is 17.0 Å². The maximum absolute atomic E-state index is 13.2. The molecule has 0 radical (unpaired) electrons. The molecule has 3 amide bonds. The summed E-state index contributed by atoms with van der Waals surface area (Å²) in [6, 6.07) is 3.78. The van der Waals surface area contributed by atoms with Crippen molar-refractivity contribution in [1.82, 2.24) is 15.8 Å². The smallest absolute Gasteiger partial charge is 0.417 e. The Labute approximate surface area is 192 Å². The van der Waals surface area contributed by atoms with E-state index >= 15 is 0 Å². The van der Waals surface area contributed by atoms with Gasteiger partial charge in [0, 0.05) is 6.54 Å². The summed E-state index contributed by atoms with van der Waals surface area (Å²) in [5.74, 6) is -2.35. The van der Waals surface area contributed by atoms with Gasteiger partial charge >= 0.3 is 12.3 Å². The predicted molar refractivity (Wildman–Crippen MR) is 116 cm³/mol. The third kappa shape index (κ3) is 6.85. The van der Waals surface area contributed by atoms with Gasteiger partial charge in [-0.1, -0.05) is 32.9 Å². The zero-order valence-corrected chi connectivity index (χ0v) is 19.8. The number of hydrogen-bond donors (Lipinski definition) is 2. The van der Waals surface area contributed by atoms with Crippen LogP contribution >= 0.6 is 0 Å². The standard InChI is InChI=1S/C23H32F3N3O4/c1-21(2,3)17-15(11-9-13-29(17)20(32)33-22(4,5)6)19(31)28-27-18(30)14-10-7-8-12-16(14)23(24,25)26/h7-8,10,12,15,17H,9,11,13H2,1-6H3,(H,27,30)(H,28,31). The van der Waals surface area contributed by atoms with Crippen molar-refractivity contribution in [2.45, 2.75) is 72.2 Å². The lowest BCUT2D eigenvalue weighted by Crippen LogP contribution is -2.60. The summed E-state index contributed by atoms with van der Waals surface area (Å²) in [5.41, 5.74) is 1.42. The van der Waals surface area contributed by atoms with Crippen LogP contribution in [0.2, 0.25) is 0 Å². The van der Waals surface area contributed by atoms with Gasteiger partial charge in [0.1, 0.15) is 5.60 Å². The van der Waals surface area contributed by atoms with Crippen molar-refractivity contribution < 1.29 is 32.3 Å². The molecule has 2 N–H and O–H groups in total. The van der Waals surface area contributed by atoms with E-state index in [2.05, 4.69) is 10.9 Å². The van der Waals surface area contributed by atoms with Crippen LogP contribution in [0.4, 0.5) is 18.0 Å². The van der Waals surface area contributed by atoms with Crippen LogP contribution in [0.1, 0.15) is 70.3 Å². The Morgan fingerprint density at radius 1 is 1.00 bits per heavy atom. The fraction of sp³-hybridized carbons (Fsp3) is 0.609. The van der Waals surface area contributed by atoms with Gasteiger partial charge in [0.05, 0.1) is 23.1 Å². The van der Waals surface area contributed by atoms with E-state index < -0.39 is 58.2 Å². The Morgan fingerprint density at radius 3 is 2.15 bits per heavy atom. The number of ether oxygens (including phenoxy) is 1. The number of nitrogens with zero attached hydrogens (tertiary/aromatic N) is 1. The highest BCUT2D eigenvalue weighted by Crippen LogP contribution is 2.37. The number of carbonyl (C=O) groups is 3. The molecule has 10 heteroatoms. The molecule has 7 nitrogen and oxygen atoms in total. The lowest BCUT2D eigenvalue weighted by molar-refractivity contribution is -0.137. The first-order chi connectivity index (χ1) is 15.0. The summed E-state index contributed by atoms with van der Waals surface area (Å²) in [4.78, 5) is 39.7. The SMILES string of the molecule is CC(C)(C)OC(=O)N1CCCC(C(=O)NNC(=O)c2ccccc2C(F)(F)F)C1C(C)(C)C. The molecule has 1 aromatic rings. The Morgan fingerprint density at radius 2 is 1.61 bits per heavy atom. The van der Waals surface area contributed by atoms with Crippen LogP contribution in [0.15, 0.2) is 24.3 Å². The summed E-state index contributed by atoms with van der Waals surface area (Å²) in [7, 11) is 0. The Kier molecular flexibility index (Phi) is 7.71. The Hall–Kier alpha value is -2.78.